The number of carbonyl (C=O) groups is 1. The lowest BCUT2D eigenvalue weighted by Crippen LogP contribution is -2.04. The summed E-state index contributed by atoms with van der Waals surface area (Å²) in [5.41, 5.74) is 0.903. The summed E-state index contributed by atoms with van der Waals surface area (Å²) < 4.78 is 5.58. The van der Waals surface area contributed by atoms with Crippen molar-refractivity contribution in [3.05, 3.63) is 48.2 Å². The van der Waals surface area contributed by atoms with E-state index in [-0.39, 0.29) is 5.56 Å². The Balaban J connectivity index is 2.05. The predicted molar refractivity (Wildman–Crippen MR) is 81.3 cm³/mol. The van der Waals surface area contributed by atoms with Gasteiger partial charge in [-0.3, -0.25) is 0 Å². The van der Waals surface area contributed by atoms with Crippen molar-refractivity contribution < 1.29 is 14.6 Å². The molecule has 0 saturated heterocycles. The van der Waals surface area contributed by atoms with E-state index in [1.54, 1.807) is 12.3 Å². The summed E-state index contributed by atoms with van der Waals surface area (Å²) in [7, 11) is 0. The number of anilines is 2. The van der Waals surface area contributed by atoms with Crippen LogP contribution in [0.3, 0.4) is 0 Å². The summed E-state index contributed by atoms with van der Waals surface area (Å²) in [5, 5.41) is 12.1. The first-order valence-electron chi connectivity index (χ1n) is 6.89. The molecule has 0 aliphatic carbocycles. The van der Waals surface area contributed by atoms with Gasteiger partial charge in [-0.2, -0.15) is 0 Å². The largest absolute Gasteiger partial charge is 0.494 e. The van der Waals surface area contributed by atoms with Gasteiger partial charge in [0.25, 0.3) is 0 Å². The number of pyridine rings is 1. The number of hydrogen-bond donors (Lipinski definition) is 2. The SMILES string of the molecule is CCCCOc1ccc(Nc2ncccc2C(=O)O)cc1. The molecule has 1 aromatic heterocycles. The van der Waals surface area contributed by atoms with Crippen molar-refractivity contribution in [2.45, 2.75) is 19.8 Å². The second-order valence-electron chi connectivity index (χ2n) is 4.56. The van der Waals surface area contributed by atoms with Crippen LogP contribution in [0.15, 0.2) is 42.6 Å². The van der Waals surface area contributed by atoms with Crippen molar-refractivity contribution >= 4 is 17.5 Å². The van der Waals surface area contributed by atoms with Gasteiger partial charge in [-0.1, -0.05) is 13.3 Å². The van der Waals surface area contributed by atoms with Gasteiger partial charge in [0, 0.05) is 11.9 Å². The van der Waals surface area contributed by atoms with Gasteiger partial charge in [0.05, 0.1) is 6.61 Å². The Labute approximate surface area is 123 Å². The fraction of sp³-hybridized carbons (Fsp3) is 0.250. The van der Waals surface area contributed by atoms with Crippen LogP contribution in [0.5, 0.6) is 5.75 Å². The fourth-order valence-electron chi connectivity index (χ4n) is 1.78. The van der Waals surface area contributed by atoms with Gasteiger partial charge in [-0.05, 0) is 42.8 Å². The monoisotopic (exact) mass is 286 g/mol. The van der Waals surface area contributed by atoms with Crippen molar-refractivity contribution in [2.75, 3.05) is 11.9 Å². The number of nitrogens with one attached hydrogen (secondary N) is 1. The minimum Gasteiger partial charge on any atom is -0.494 e. The van der Waals surface area contributed by atoms with E-state index in [4.69, 9.17) is 9.84 Å². The van der Waals surface area contributed by atoms with Crippen LogP contribution >= 0.6 is 0 Å². The average molecular weight is 286 g/mol. The second kappa shape index (κ2) is 7.28. The van der Waals surface area contributed by atoms with E-state index in [1.807, 2.05) is 24.3 Å². The molecule has 2 N–H and O–H groups in total. The Morgan fingerprint density at radius 3 is 2.71 bits per heavy atom. The molecule has 2 aromatic rings. The Morgan fingerprint density at radius 2 is 2.05 bits per heavy atom. The zero-order valence-corrected chi connectivity index (χ0v) is 11.9. The first-order chi connectivity index (χ1) is 10.2. The number of rotatable bonds is 7. The zero-order valence-electron chi connectivity index (χ0n) is 11.9. The molecule has 0 aliphatic rings. The molecule has 0 bridgehead atoms. The maximum absolute atomic E-state index is 11.1. The van der Waals surface area contributed by atoms with Gasteiger partial charge in [0.2, 0.25) is 0 Å². The maximum Gasteiger partial charge on any atom is 0.339 e. The quantitative estimate of drug-likeness (QED) is 0.759. The summed E-state index contributed by atoms with van der Waals surface area (Å²) in [6, 6.07) is 10.5. The smallest absolute Gasteiger partial charge is 0.339 e. The van der Waals surface area contributed by atoms with Crippen LogP contribution in [0.2, 0.25) is 0 Å². The van der Waals surface area contributed by atoms with Crippen molar-refractivity contribution in [1.82, 2.24) is 4.98 Å². The van der Waals surface area contributed by atoms with Crippen LogP contribution < -0.4 is 10.1 Å². The molecule has 21 heavy (non-hydrogen) atoms. The standard InChI is InChI=1S/C16H18N2O3/c1-2-3-11-21-13-8-6-12(7-9-13)18-15-14(16(19)20)5-4-10-17-15/h4-10H,2-3,11H2,1H3,(H,17,18)(H,19,20). The van der Waals surface area contributed by atoms with Crippen molar-refractivity contribution in [3.8, 4) is 5.75 Å². The molecule has 0 radical (unpaired) electrons. The molecule has 5 nitrogen and oxygen atoms in total. The van der Waals surface area contributed by atoms with Crippen molar-refractivity contribution in [1.29, 1.82) is 0 Å². The topological polar surface area (TPSA) is 71.5 Å². The Morgan fingerprint density at radius 1 is 1.29 bits per heavy atom. The molecule has 0 atom stereocenters. The molecule has 2 rings (SSSR count). The summed E-state index contributed by atoms with van der Waals surface area (Å²) >= 11 is 0. The highest BCUT2D eigenvalue weighted by molar-refractivity contribution is 5.93. The highest BCUT2D eigenvalue weighted by atomic mass is 16.5. The van der Waals surface area contributed by atoms with Crippen LogP contribution in [-0.2, 0) is 0 Å². The van der Waals surface area contributed by atoms with Gasteiger partial charge >= 0.3 is 5.97 Å². The molecule has 0 aliphatic heterocycles. The number of hydrogen-bond acceptors (Lipinski definition) is 4. The minimum atomic E-state index is -1.01. The van der Waals surface area contributed by atoms with Crippen LogP contribution in [0.25, 0.3) is 0 Å². The summed E-state index contributed by atoms with van der Waals surface area (Å²) in [4.78, 5) is 15.2. The summed E-state index contributed by atoms with van der Waals surface area (Å²) in [6.07, 6.45) is 3.67. The molecule has 1 heterocycles. The average Bonchev–Trinajstić information content (AvgIpc) is 2.50. The summed E-state index contributed by atoms with van der Waals surface area (Å²) in [5.74, 6) is 0.114. The fourth-order valence-corrected chi connectivity index (χ4v) is 1.78. The molecule has 0 spiro atoms. The van der Waals surface area contributed by atoms with Gasteiger partial charge in [0.15, 0.2) is 0 Å². The molecule has 1 aromatic carbocycles. The van der Waals surface area contributed by atoms with Gasteiger partial charge < -0.3 is 15.2 Å². The number of ether oxygens (including phenoxy) is 1. The predicted octanol–water partition coefficient (Wildman–Crippen LogP) is 3.70. The van der Waals surface area contributed by atoms with E-state index in [0.29, 0.717) is 12.4 Å². The minimum absolute atomic E-state index is 0.140. The number of unbranched alkanes of at least 4 members (excludes halogenated alkanes) is 1. The lowest BCUT2D eigenvalue weighted by Gasteiger charge is -2.09. The molecule has 0 amide bonds. The van der Waals surface area contributed by atoms with Crippen LogP contribution in [0.4, 0.5) is 11.5 Å². The highest BCUT2D eigenvalue weighted by Crippen LogP contribution is 2.21. The number of aromatic nitrogens is 1. The normalized spacial score (nSPS) is 10.1. The second-order valence-corrected chi connectivity index (χ2v) is 4.56. The molecule has 110 valence electrons. The first-order valence-corrected chi connectivity index (χ1v) is 6.89. The molecular weight excluding hydrogens is 268 g/mol. The Kier molecular flexibility index (Phi) is 5.15. The van der Waals surface area contributed by atoms with Crippen LogP contribution in [-0.4, -0.2) is 22.7 Å². The number of aromatic carboxylic acids is 1. The van der Waals surface area contributed by atoms with Crippen molar-refractivity contribution in [2.24, 2.45) is 0 Å². The number of carboxylic acid groups (broad SMARTS) is 1. The molecule has 0 fully saturated rings. The van der Waals surface area contributed by atoms with E-state index in [1.165, 1.54) is 6.07 Å². The van der Waals surface area contributed by atoms with Crippen molar-refractivity contribution in [3.63, 3.8) is 0 Å². The molecule has 0 saturated carbocycles. The third-order valence-corrected chi connectivity index (χ3v) is 2.92. The van der Waals surface area contributed by atoms with E-state index in [2.05, 4.69) is 17.2 Å². The molecule has 0 unspecified atom stereocenters. The van der Waals surface area contributed by atoms with E-state index in [0.717, 1.165) is 24.3 Å². The van der Waals surface area contributed by atoms with Crippen LogP contribution in [0.1, 0.15) is 30.1 Å². The lowest BCUT2D eigenvalue weighted by molar-refractivity contribution is 0.0697. The zero-order chi connectivity index (χ0) is 15.1. The van der Waals surface area contributed by atoms with E-state index >= 15 is 0 Å². The van der Waals surface area contributed by atoms with E-state index in [9.17, 15) is 4.79 Å². The highest BCUT2D eigenvalue weighted by Gasteiger charge is 2.10. The van der Waals surface area contributed by atoms with Crippen LogP contribution in [0, 0.1) is 0 Å². The van der Waals surface area contributed by atoms with Gasteiger partial charge in [-0.25, -0.2) is 9.78 Å². The summed E-state index contributed by atoms with van der Waals surface area (Å²) in [6.45, 7) is 2.82. The van der Waals surface area contributed by atoms with Gasteiger partial charge in [-0.15, -0.1) is 0 Å². The Bertz CT molecular complexity index is 597. The third-order valence-electron chi connectivity index (χ3n) is 2.92. The number of nitrogens with zero attached hydrogens (tertiary/aromatic N) is 1. The maximum atomic E-state index is 11.1. The van der Waals surface area contributed by atoms with Gasteiger partial charge in [0.1, 0.15) is 17.1 Å². The lowest BCUT2D eigenvalue weighted by atomic mass is 10.2. The van der Waals surface area contributed by atoms with E-state index < -0.39 is 5.97 Å². The Hall–Kier alpha value is -2.56. The third kappa shape index (κ3) is 4.21. The molecular formula is C16H18N2O3. The first kappa shape index (κ1) is 14.8. The number of benzene rings is 1. The number of carboxylic acids is 1. The molecule has 5 heteroatoms.